The van der Waals surface area contributed by atoms with E-state index in [1.165, 1.54) is 31.9 Å². The van der Waals surface area contributed by atoms with E-state index in [1.807, 2.05) is 45.0 Å². The molecule has 2 aromatic carbocycles. The highest BCUT2D eigenvalue weighted by Crippen LogP contribution is 2.33. The molecule has 1 aliphatic rings. The van der Waals surface area contributed by atoms with Crippen LogP contribution in [0, 0.1) is 13.8 Å². The molecule has 10 heteroatoms. The molecule has 0 spiro atoms. The Morgan fingerprint density at radius 3 is 2.44 bits per heavy atom. The SMILES string of the molecule is CCCN1C(=O)[C@H](CC(=O)Nc2ccc(C)cc2)SC1=Nc1cc(S(=O)(=O)N(C)C)ccc1C. The summed E-state index contributed by atoms with van der Waals surface area (Å²) in [5.41, 5.74) is 3.03. The molecule has 1 heterocycles. The van der Waals surface area contributed by atoms with Crippen LogP contribution in [0.3, 0.4) is 0 Å². The van der Waals surface area contributed by atoms with Crippen LogP contribution in [0.2, 0.25) is 0 Å². The van der Waals surface area contributed by atoms with Gasteiger partial charge in [-0.2, -0.15) is 0 Å². The van der Waals surface area contributed by atoms with Gasteiger partial charge in [-0.3, -0.25) is 14.5 Å². The van der Waals surface area contributed by atoms with Crippen molar-refractivity contribution in [1.82, 2.24) is 9.21 Å². The highest BCUT2D eigenvalue weighted by Gasteiger charge is 2.38. The van der Waals surface area contributed by atoms with E-state index in [2.05, 4.69) is 10.3 Å². The molecule has 3 rings (SSSR count). The van der Waals surface area contributed by atoms with Gasteiger partial charge >= 0.3 is 0 Å². The highest BCUT2D eigenvalue weighted by atomic mass is 32.2. The summed E-state index contributed by atoms with van der Waals surface area (Å²) in [4.78, 5) is 32.0. The van der Waals surface area contributed by atoms with Crippen LogP contribution in [0.25, 0.3) is 0 Å². The summed E-state index contributed by atoms with van der Waals surface area (Å²) in [6.07, 6.45) is 0.742. The number of rotatable bonds is 8. The van der Waals surface area contributed by atoms with E-state index in [1.54, 1.807) is 17.0 Å². The van der Waals surface area contributed by atoms with Crippen molar-refractivity contribution in [3.63, 3.8) is 0 Å². The number of amidine groups is 1. The van der Waals surface area contributed by atoms with Crippen LogP contribution in [0.5, 0.6) is 0 Å². The van der Waals surface area contributed by atoms with Crippen molar-refractivity contribution in [3.05, 3.63) is 53.6 Å². The summed E-state index contributed by atoms with van der Waals surface area (Å²) in [6, 6.07) is 12.2. The second-order valence-electron chi connectivity index (χ2n) is 8.34. The summed E-state index contributed by atoms with van der Waals surface area (Å²) in [7, 11) is -0.672. The lowest BCUT2D eigenvalue weighted by molar-refractivity contribution is -0.128. The molecule has 1 fully saturated rings. The minimum atomic E-state index is -3.62. The molecule has 8 nitrogen and oxygen atoms in total. The maximum absolute atomic E-state index is 13.1. The summed E-state index contributed by atoms with van der Waals surface area (Å²) >= 11 is 1.24. The number of aliphatic imine (C=N–C) groups is 1. The van der Waals surface area contributed by atoms with E-state index in [0.717, 1.165) is 21.9 Å². The van der Waals surface area contributed by atoms with Crippen molar-refractivity contribution in [2.45, 2.75) is 43.8 Å². The number of anilines is 1. The van der Waals surface area contributed by atoms with Gasteiger partial charge in [-0.1, -0.05) is 42.4 Å². The molecule has 2 amide bonds. The number of nitrogens with one attached hydrogen (secondary N) is 1. The standard InChI is InChI=1S/C24H30N4O4S2/c1-6-13-28-23(30)21(15-22(29)25-18-10-7-16(2)8-11-18)33-24(28)26-20-14-19(12-9-17(20)3)34(31,32)27(4)5/h7-12,14,21H,6,13,15H2,1-5H3,(H,25,29)/t21-/m0/s1. The van der Waals surface area contributed by atoms with E-state index in [-0.39, 0.29) is 23.1 Å². The zero-order valence-electron chi connectivity index (χ0n) is 20.0. The number of nitrogens with zero attached hydrogens (tertiary/aromatic N) is 3. The van der Waals surface area contributed by atoms with Crippen molar-refractivity contribution in [2.75, 3.05) is 26.0 Å². The Labute approximate surface area is 205 Å². The minimum absolute atomic E-state index is 0.0185. The van der Waals surface area contributed by atoms with Gasteiger partial charge in [-0.05, 0) is 50.1 Å². The van der Waals surface area contributed by atoms with Gasteiger partial charge in [0, 0.05) is 32.7 Å². The van der Waals surface area contributed by atoms with Crippen molar-refractivity contribution in [2.24, 2.45) is 4.99 Å². The molecule has 0 aromatic heterocycles. The third-order valence-corrected chi connectivity index (χ3v) is 8.34. The molecule has 182 valence electrons. The lowest BCUT2D eigenvalue weighted by Crippen LogP contribution is -2.34. The molecule has 0 bridgehead atoms. The first-order chi connectivity index (χ1) is 16.0. The molecule has 0 radical (unpaired) electrons. The third kappa shape index (κ3) is 5.86. The Hall–Kier alpha value is -2.69. The Bertz CT molecular complexity index is 1210. The smallest absolute Gasteiger partial charge is 0.242 e. The summed E-state index contributed by atoms with van der Waals surface area (Å²) in [5, 5.41) is 2.72. The monoisotopic (exact) mass is 502 g/mol. The van der Waals surface area contributed by atoms with E-state index >= 15 is 0 Å². The van der Waals surface area contributed by atoms with Crippen LogP contribution in [0.15, 0.2) is 52.4 Å². The topological polar surface area (TPSA) is 99.1 Å². The fourth-order valence-corrected chi connectivity index (χ4v) is 5.45. The van der Waals surface area contributed by atoms with Gasteiger partial charge in [0.1, 0.15) is 5.25 Å². The molecule has 1 N–H and O–H groups in total. The number of thioether (sulfide) groups is 1. The summed E-state index contributed by atoms with van der Waals surface area (Å²) in [5.74, 6) is -0.415. The van der Waals surface area contributed by atoms with E-state index in [0.29, 0.717) is 23.1 Å². The Morgan fingerprint density at radius 2 is 1.82 bits per heavy atom. The van der Waals surface area contributed by atoms with Gasteiger partial charge < -0.3 is 5.32 Å². The maximum atomic E-state index is 13.1. The maximum Gasteiger partial charge on any atom is 0.242 e. The van der Waals surface area contributed by atoms with Crippen LogP contribution >= 0.6 is 11.8 Å². The summed E-state index contributed by atoms with van der Waals surface area (Å²) in [6.45, 7) is 6.23. The largest absolute Gasteiger partial charge is 0.326 e. The van der Waals surface area contributed by atoms with Crippen LogP contribution in [-0.2, 0) is 19.6 Å². The van der Waals surface area contributed by atoms with Gasteiger partial charge in [0.2, 0.25) is 21.8 Å². The summed E-state index contributed by atoms with van der Waals surface area (Å²) < 4.78 is 26.3. The molecule has 1 atom stereocenters. The van der Waals surface area contributed by atoms with Crippen molar-refractivity contribution >= 4 is 50.1 Å². The van der Waals surface area contributed by atoms with Crippen LogP contribution < -0.4 is 5.32 Å². The third-order valence-electron chi connectivity index (χ3n) is 5.35. The number of aryl methyl sites for hydroxylation is 2. The fourth-order valence-electron chi connectivity index (χ4n) is 3.36. The second-order valence-corrected chi connectivity index (χ2v) is 11.7. The van der Waals surface area contributed by atoms with Gasteiger partial charge in [0.05, 0.1) is 10.6 Å². The second kappa shape index (κ2) is 10.7. The number of carbonyl (C=O) groups excluding carboxylic acids is 2. The average molecular weight is 503 g/mol. The Kier molecular flexibility index (Phi) is 8.17. The van der Waals surface area contributed by atoms with E-state index in [4.69, 9.17) is 0 Å². The quantitative estimate of drug-likeness (QED) is 0.590. The molecule has 2 aromatic rings. The van der Waals surface area contributed by atoms with Crippen LogP contribution in [-0.4, -0.2) is 60.5 Å². The average Bonchev–Trinajstić information content (AvgIpc) is 3.05. The Balaban J connectivity index is 1.84. The number of hydrogen-bond acceptors (Lipinski definition) is 6. The number of sulfonamides is 1. The van der Waals surface area contributed by atoms with Crippen molar-refractivity contribution in [1.29, 1.82) is 0 Å². The normalized spacial score (nSPS) is 17.6. The predicted octanol–water partition coefficient (Wildman–Crippen LogP) is 3.92. The lowest BCUT2D eigenvalue weighted by Gasteiger charge is -2.16. The molecule has 0 saturated carbocycles. The van der Waals surface area contributed by atoms with Crippen LogP contribution in [0.4, 0.5) is 11.4 Å². The number of hydrogen-bond donors (Lipinski definition) is 1. The Morgan fingerprint density at radius 1 is 1.15 bits per heavy atom. The molecular weight excluding hydrogens is 472 g/mol. The number of benzene rings is 2. The van der Waals surface area contributed by atoms with Crippen molar-refractivity contribution < 1.29 is 18.0 Å². The molecule has 0 unspecified atom stereocenters. The van der Waals surface area contributed by atoms with Gasteiger partial charge in [-0.25, -0.2) is 17.7 Å². The zero-order chi connectivity index (χ0) is 25.0. The fraction of sp³-hybridized carbons (Fsp3) is 0.375. The van der Waals surface area contributed by atoms with E-state index in [9.17, 15) is 18.0 Å². The van der Waals surface area contributed by atoms with Crippen molar-refractivity contribution in [3.8, 4) is 0 Å². The molecule has 1 aliphatic heterocycles. The minimum Gasteiger partial charge on any atom is -0.326 e. The molecular formula is C24H30N4O4S2. The highest BCUT2D eigenvalue weighted by molar-refractivity contribution is 8.15. The molecule has 0 aliphatic carbocycles. The predicted molar refractivity (Wildman–Crippen MR) is 137 cm³/mol. The van der Waals surface area contributed by atoms with Crippen LogP contribution in [0.1, 0.15) is 30.9 Å². The van der Waals surface area contributed by atoms with Gasteiger partial charge in [0.15, 0.2) is 5.17 Å². The molecule has 1 saturated heterocycles. The van der Waals surface area contributed by atoms with E-state index < -0.39 is 15.3 Å². The van der Waals surface area contributed by atoms with Gasteiger partial charge in [-0.15, -0.1) is 0 Å². The van der Waals surface area contributed by atoms with Gasteiger partial charge in [0.25, 0.3) is 0 Å². The first-order valence-electron chi connectivity index (χ1n) is 11.0. The zero-order valence-corrected chi connectivity index (χ0v) is 21.7. The molecule has 34 heavy (non-hydrogen) atoms. The number of amides is 2. The first kappa shape index (κ1) is 25.9. The first-order valence-corrected chi connectivity index (χ1v) is 13.3. The number of carbonyl (C=O) groups is 2. The lowest BCUT2D eigenvalue weighted by atomic mass is 10.2.